The van der Waals surface area contributed by atoms with Gasteiger partial charge in [0, 0.05) is 22.9 Å². The Balaban J connectivity index is 2.02. The van der Waals surface area contributed by atoms with E-state index in [-0.39, 0.29) is 28.5 Å². The molecule has 0 saturated carbocycles. The number of carbonyl (C=O) groups is 1. The van der Waals surface area contributed by atoms with Crippen LogP contribution in [0, 0.1) is 13.8 Å². The molecule has 1 aliphatic heterocycles. The van der Waals surface area contributed by atoms with E-state index >= 15 is 0 Å². The second-order valence-electron chi connectivity index (χ2n) is 5.18. The standard InChI is InChI=1S/C16H13F2NO3/c1-8-3-4-10(5-9(8)2)15(20)11-6-13-14(7-12(11)19)22-16(17,18)21-13/h3-7H,19H2,1-2H3. The topological polar surface area (TPSA) is 61.6 Å². The second-order valence-corrected chi connectivity index (χ2v) is 5.18. The SMILES string of the molecule is Cc1ccc(C(=O)c2cc3c(cc2N)OC(F)(F)O3)cc1C. The highest BCUT2D eigenvalue weighted by Gasteiger charge is 2.44. The number of halogens is 2. The largest absolute Gasteiger partial charge is 0.586 e. The van der Waals surface area contributed by atoms with Crippen LogP contribution < -0.4 is 15.2 Å². The average Bonchev–Trinajstić information content (AvgIpc) is 2.73. The molecule has 0 amide bonds. The van der Waals surface area contributed by atoms with Gasteiger partial charge in [-0.1, -0.05) is 12.1 Å². The van der Waals surface area contributed by atoms with E-state index in [1.165, 1.54) is 12.1 Å². The van der Waals surface area contributed by atoms with Crippen LogP contribution in [-0.2, 0) is 0 Å². The lowest BCUT2D eigenvalue weighted by Crippen LogP contribution is -2.25. The van der Waals surface area contributed by atoms with Crippen molar-refractivity contribution in [3.8, 4) is 11.5 Å². The Morgan fingerprint density at radius 2 is 1.68 bits per heavy atom. The van der Waals surface area contributed by atoms with Gasteiger partial charge >= 0.3 is 6.29 Å². The van der Waals surface area contributed by atoms with Gasteiger partial charge in [0.1, 0.15) is 0 Å². The molecule has 1 heterocycles. The van der Waals surface area contributed by atoms with Crippen molar-refractivity contribution in [3.63, 3.8) is 0 Å². The summed E-state index contributed by atoms with van der Waals surface area (Å²) < 4.78 is 34.8. The Morgan fingerprint density at radius 3 is 2.32 bits per heavy atom. The molecule has 2 N–H and O–H groups in total. The number of rotatable bonds is 2. The van der Waals surface area contributed by atoms with E-state index in [2.05, 4.69) is 9.47 Å². The van der Waals surface area contributed by atoms with Crippen molar-refractivity contribution in [3.05, 3.63) is 52.6 Å². The van der Waals surface area contributed by atoms with E-state index in [9.17, 15) is 13.6 Å². The number of aryl methyl sites for hydroxylation is 2. The van der Waals surface area contributed by atoms with Gasteiger partial charge in [-0.3, -0.25) is 4.79 Å². The van der Waals surface area contributed by atoms with Crippen LogP contribution in [0.1, 0.15) is 27.0 Å². The third-order valence-corrected chi connectivity index (χ3v) is 3.59. The maximum Gasteiger partial charge on any atom is 0.586 e. The van der Waals surface area contributed by atoms with Gasteiger partial charge in [0.15, 0.2) is 17.3 Å². The van der Waals surface area contributed by atoms with Crippen LogP contribution in [0.5, 0.6) is 11.5 Å². The molecule has 0 unspecified atom stereocenters. The molecule has 6 heteroatoms. The number of ketones is 1. The van der Waals surface area contributed by atoms with Crippen molar-refractivity contribution in [1.29, 1.82) is 0 Å². The quantitative estimate of drug-likeness (QED) is 0.682. The van der Waals surface area contributed by atoms with E-state index in [0.717, 1.165) is 11.1 Å². The summed E-state index contributed by atoms with van der Waals surface area (Å²) in [6.45, 7) is 3.82. The highest BCUT2D eigenvalue weighted by atomic mass is 19.3. The number of fused-ring (bicyclic) bond motifs is 1. The van der Waals surface area contributed by atoms with Crippen LogP contribution in [0.25, 0.3) is 0 Å². The fraction of sp³-hybridized carbons (Fsp3) is 0.188. The maximum atomic E-state index is 13.1. The Bertz CT molecular complexity index is 787. The number of nitrogen functional groups attached to an aromatic ring is 1. The molecule has 1 aliphatic rings. The van der Waals surface area contributed by atoms with Crippen LogP contribution in [0.2, 0.25) is 0 Å². The third-order valence-electron chi connectivity index (χ3n) is 3.59. The molecule has 0 aromatic heterocycles. The number of nitrogens with two attached hydrogens (primary N) is 1. The van der Waals surface area contributed by atoms with Gasteiger partial charge in [-0.15, -0.1) is 8.78 Å². The van der Waals surface area contributed by atoms with Crippen molar-refractivity contribution in [2.24, 2.45) is 0 Å². The van der Waals surface area contributed by atoms with Gasteiger partial charge in [0.25, 0.3) is 0 Å². The molecule has 0 radical (unpaired) electrons. The first-order valence-electron chi connectivity index (χ1n) is 6.58. The van der Waals surface area contributed by atoms with Gasteiger partial charge in [-0.2, -0.15) is 0 Å². The Hall–Kier alpha value is -2.63. The molecular formula is C16H13F2NO3. The summed E-state index contributed by atoms with van der Waals surface area (Å²) in [5.74, 6) is -0.743. The van der Waals surface area contributed by atoms with E-state index in [1.54, 1.807) is 12.1 Å². The first kappa shape index (κ1) is 14.3. The van der Waals surface area contributed by atoms with Gasteiger partial charge in [0.05, 0.1) is 0 Å². The number of carbonyl (C=O) groups excluding carboxylic acids is 1. The number of hydrogen-bond acceptors (Lipinski definition) is 4. The van der Waals surface area contributed by atoms with Crippen molar-refractivity contribution in [2.45, 2.75) is 20.1 Å². The zero-order valence-electron chi connectivity index (χ0n) is 11.9. The minimum Gasteiger partial charge on any atom is -0.398 e. The Labute approximate surface area is 125 Å². The summed E-state index contributed by atoms with van der Waals surface area (Å²) in [5, 5.41) is 0. The first-order valence-corrected chi connectivity index (χ1v) is 6.58. The van der Waals surface area contributed by atoms with E-state index < -0.39 is 6.29 Å². The van der Waals surface area contributed by atoms with Crippen LogP contribution in [-0.4, -0.2) is 12.1 Å². The summed E-state index contributed by atoms with van der Waals surface area (Å²) in [6.07, 6.45) is -3.74. The molecule has 0 aliphatic carbocycles. The third kappa shape index (κ3) is 2.36. The molecule has 0 bridgehead atoms. The fourth-order valence-corrected chi connectivity index (χ4v) is 2.25. The zero-order valence-corrected chi connectivity index (χ0v) is 11.9. The molecule has 0 spiro atoms. The lowest BCUT2D eigenvalue weighted by atomic mass is 9.98. The summed E-state index contributed by atoms with van der Waals surface area (Å²) in [4.78, 5) is 12.5. The summed E-state index contributed by atoms with van der Waals surface area (Å²) >= 11 is 0. The van der Waals surface area contributed by atoms with E-state index in [1.807, 2.05) is 19.9 Å². The highest BCUT2D eigenvalue weighted by molar-refractivity contribution is 6.12. The molecule has 0 fully saturated rings. The number of benzene rings is 2. The fourth-order valence-electron chi connectivity index (χ4n) is 2.25. The minimum absolute atomic E-state index is 0.0586. The predicted octanol–water partition coefficient (Wildman–Crippen LogP) is 3.44. The van der Waals surface area contributed by atoms with Crippen LogP contribution in [0.3, 0.4) is 0 Å². The van der Waals surface area contributed by atoms with Crippen molar-refractivity contribution < 1.29 is 23.0 Å². The number of ether oxygens (including phenoxy) is 2. The first-order chi connectivity index (χ1) is 10.3. The van der Waals surface area contributed by atoms with Crippen molar-refractivity contribution in [2.75, 3.05) is 5.73 Å². The molecule has 0 saturated heterocycles. The van der Waals surface area contributed by atoms with Crippen molar-refractivity contribution in [1.82, 2.24) is 0 Å². The summed E-state index contributed by atoms with van der Waals surface area (Å²) in [5.41, 5.74) is 8.38. The van der Waals surface area contributed by atoms with Gasteiger partial charge < -0.3 is 15.2 Å². The smallest absolute Gasteiger partial charge is 0.398 e. The van der Waals surface area contributed by atoms with E-state index in [0.29, 0.717) is 5.56 Å². The number of alkyl halides is 2. The monoisotopic (exact) mass is 305 g/mol. The molecule has 0 atom stereocenters. The van der Waals surface area contributed by atoms with Crippen LogP contribution >= 0.6 is 0 Å². The Morgan fingerprint density at radius 1 is 1.05 bits per heavy atom. The number of anilines is 1. The maximum absolute atomic E-state index is 13.1. The average molecular weight is 305 g/mol. The predicted molar refractivity (Wildman–Crippen MR) is 76.4 cm³/mol. The minimum atomic E-state index is -3.74. The lowest BCUT2D eigenvalue weighted by Gasteiger charge is -2.08. The summed E-state index contributed by atoms with van der Waals surface area (Å²) in [7, 11) is 0. The molecule has 3 rings (SSSR count). The van der Waals surface area contributed by atoms with E-state index in [4.69, 9.17) is 5.73 Å². The van der Waals surface area contributed by atoms with Crippen LogP contribution in [0.15, 0.2) is 30.3 Å². The summed E-state index contributed by atoms with van der Waals surface area (Å²) in [6, 6.07) is 7.58. The normalized spacial score (nSPS) is 14.9. The molecule has 22 heavy (non-hydrogen) atoms. The van der Waals surface area contributed by atoms with Gasteiger partial charge in [0.2, 0.25) is 0 Å². The molecule has 4 nitrogen and oxygen atoms in total. The molecule has 114 valence electrons. The molecular weight excluding hydrogens is 292 g/mol. The lowest BCUT2D eigenvalue weighted by molar-refractivity contribution is -0.286. The van der Waals surface area contributed by atoms with Gasteiger partial charge in [-0.05, 0) is 37.1 Å². The Kier molecular flexibility index (Phi) is 3.05. The molecule has 2 aromatic carbocycles. The zero-order chi connectivity index (χ0) is 16.1. The van der Waals surface area contributed by atoms with Gasteiger partial charge in [-0.25, -0.2) is 0 Å². The highest BCUT2D eigenvalue weighted by Crippen LogP contribution is 2.43. The molecule has 2 aromatic rings. The van der Waals surface area contributed by atoms with Crippen LogP contribution in [0.4, 0.5) is 14.5 Å². The van der Waals surface area contributed by atoms with Crippen molar-refractivity contribution >= 4 is 11.5 Å². The number of hydrogen-bond donors (Lipinski definition) is 1. The second kappa shape index (κ2) is 4.69.